The zero-order valence-electron chi connectivity index (χ0n) is 16.2. The lowest BCUT2D eigenvalue weighted by Gasteiger charge is -2.12. The Labute approximate surface area is 182 Å². The highest BCUT2D eigenvalue weighted by atomic mass is 127. The molecule has 0 atom stereocenters. The predicted octanol–water partition coefficient (Wildman–Crippen LogP) is 2.28. The molecule has 0 fully saturated rings. The minimum Gasteiger partial charge on any atom is -1.00 e. The van der Waals surface area contributed by atoms with E-state index in [0.29, 0.717) is 0 Å². The molecule has 5 rings (SSSR count). The van der Waals surface area contributed by atoms with Gasteiger partial charge in [0.25, 0.3) is 5.52 Å². The number of fused-ring (bicyclic) bond motifs is 4. The maximum Gasteiger partial charge on any atom is 0.377 e. The lowest BCUT2D eigenvalue weighted by Crippen LogP contribution is -3.00. The molecule has 4 aromatic rings. The second-order valence-electron chi connectivity index (χ2n) is 7.49. The first-order valence-electron chi connectivity index (χ1n) is 9.52. The van der Waals surface area contributed by atoms with Crippen molar-refractivity contribution in [3.8, 4) is 0 Å². The third-order valence-electron chi connectivity index (χ3n) is 5.42. The number of anilines is 1. The summed E-state index contributed by atoms with van der Waals surface area (Å²) in [5.74, 6) is 1.00. The van der Waals surface area contributed by atoms with Gasteiger partial charge in [-0.05, 0) is 47.0 Å². The van der Waals surface area contributed by atoms with E-state index in [9.17, 15) is 0 Å². The molecule has 3 aromatic carbocycles. The summed E-state index contributed by atoms with van der Waals surface area (Å²) in [6, 6.07) is 21.6. The van der Waals surface area contributed by atoms with Crippen molar-refractivity contribution in [3.05, 3.63) is 72.1 Å². The molecule has 0 aliphatic carbocycles. The van der Waals surface area contributed by atoms with Crippen molar-refractivity contribution < 1.29 is 33.0 Å². The molecule has 28 heavy (non-hydrogen) atoms. The molecule has 0 unspecified atom stereocenters. The minimum atomic E-state index is 0. The Bertz CT molecular complexity index is 1170. The average molecular weight is 482 g/mol. The topological polar surface area (TPSA) is 20.3 Å². The minimum absolute atomic E-state index is 0. The smallest absolute Gasteiger partial charge is 0.377 e. The zero-order valence-corrected chi connectivity index (χ0v) is 18.3. The molecule has 1 aromatic heterocycles. The predicted molar refractivity (Wildman–Crippen MR) is 112 cm³/mol. The van der Waals surface area contributed by atoms with Gasteiger partial charge >= 0.3 is 5.89 Å². The second kappa shape index (κ2) is 7.59. The number of halogens is 1. The Morgan fingerprint density at radius 3 is 2.39 bits per heavy atom. The van der Waals surface area contributed by atoms with Crippen molar-refractivity contribution in [1.29, 1.82) is 0 Å². The van der Waals surface area contributed by atoms with Gasteiger partial charge in [0, 0.05) is 32.3 Å². The highest BCUT2D eigenvalue weighted by Gasteiger charge is 2.30. The van der Waals surface area contributed by atoms with Crippen LogP contribution in [-0.2, 0) is 6.54 Å². The first-order valence-corrected chi connectivity index (χ1v) is 9.52. The largest absolute Gasteiger partial charge is 1.00 e. The molecule has 0 spiro atoms. The van der Waals surface area contributed by atoms with Crippen LogP contribution in [0.25, 0.3) is 33.5 Å². The summed E-state index contributed by atoms with van der Waals surface area (Å²) < 4.78 is 8.67. The molecular formula is C24H23IN2O. The lowest BCUT2D eigenvalue weighted by molar-refractivity contribution is -0.682. The molecule has 0 N–H and O–H groups in total. The summed E-state index contributed by atoms with van der Waals surface area (Å²) >= 11 is 0. The van der Waals surface area contributed by atoms with Crippen molar-refractivity contribution in [2.24, 2.45) is 0 Å². The second-order valence-corrected chi connectivity index (χ2v) is 7.49. The van der Waals surface area contributed by atoms with Gasteiger partial charge < -0.3 is 33.3 Å². The van der Waals surface area contributed by atoms with Crippen molar-refractivity contribution in [2.45, 2.75) is 19.4 Å². The van der Waals surface area contributed by atoms with Crippen LogP contribution < -0.4 is 33.4 Å². The van der Waals surface area contributed by atoms with Crippen LogP contribution in [0.15, 0.2) is 65.1 Å². The quantitative estimate of drug-likeness (QED) is 0.323. The molecule has 0 bridgehead atoms. The summed E-state index contributed by atoms with van der Waals surface area (Å²) in [6.45, 7) is 1.01. The number of oxazole rings is 1. The number of rotatable bonds is 2. The third-order valence-corrected chi connectivity index (χ3v) is 5.42. The normalized spacial score (nSPS) is 14.9. The first-order chi connectivity index (χ1) is 13.2. The molecule has 0 saturated carbocycles. The fourth-order valence-electron chi connectivity index (χ4n) is 3.97. The molecule has 1 aliphatic rings. The number of allylic oxidation sites excluding steroid dienone is 1. The van der Waals surface area contributed by atoms with Gasteiger partial charge in [-0.1, -0.05) is 36.4 Å². The maximum atomic E-state index is 6.33. The van der Waals surface area contributed by atoms with Gasteiger partial charge in [0.1, 0.15) is 0 Å². The zero-order chi connectivity index (χ0) is 18.4. The summed E-state index contributed by atoms with van der Waals surface area (Å²) in [5, 5.41) is 2.48. The number of hydrogen-bond donors (Lipinski definition) is 0. The molecule has 0 saturated heterocycles. The van der Waals surface area contributed by atoms with Gasteiger partial charge in [-0.3, -0.25) is 0 Å². The van der Waals surface area contributed by atoms with Crippen LogP contribution >= 0.6 is 0 Å². The first kappa shape index (κ1) is 19.0. The van der Waals surface area contributed by atoms with Crippen LogP contribution in [0.5, 0.6) is 0 Å². The van der Waals surface area contributed by atoms with Crippen LogP contribution in [0.4, 0.5) is 5.69 Å². The standard InChI is InChI=1S/C24H23N2O.HI/c1-25(2)21-11-9-17(10-12-21)14-20-8-5-13-26-22-15-18-6-3-4-7-19(18)16-23(22)27-24(20)26;/h3-4,6-7,9-12,14-16H,5,8,13H2,1-2H3;1H/q+1;/p-1. The van der Waals surface area contributed by atoms with Crippen LogP contribution in [0, 0.1) is 0 Å². The summed E-state index contributed by atoms with van der Waals surface area (Å²) in [7, 11) is 4.13. The van der Waals surface area contributed by atoms with Crippen molar-refractivity contribution in [2.75, 3.05) is 19.0 Å². The van der Waals surface area contributed by atoms with Gasteiger partial charge in [-0.2, -0.15) is 4.57 Å². The van der Waals surface area contributed by atoms with E-state index < -0.39 is 0 Å². The molecular weight excluding hydrogens is 459 g/mol. The molecule has 142 valence electrons. The van der Waals surface area contributed by atoms with E-state index in [1.54, 1.807) is 0 Å². The van der Waals surface area contributed by atoms with E-state index in [1.807, 2.05) is 0 Å². The van der Waals surface area contributed by atoms with E-state index in [-0.39, 0.29) is 24.0 Å². The van der Waals surface area contributed by atoms with Gasteiger partial charge in [0.2, 0.25) is 5.58 Å². The SMILES string of the molecule is CN(C)c1ccc(C=C2CCC[n+]3c2oc2cc4ccccc4cc23)cc1.[I-]. The van der Waals surface area contributed by atoms with E-state index in [4.69, 9.17) is 4.42 Å². The van der Waals surface area contributed by atoms with Crippen LogP contribution in [0.2, 0.25) is 0 Å². The van der Waals surface area contributed by atoms with Crippen LogP contribution in [0.1, 0.15) is 24.3 Å². The number of benzene rings is 3. The van der Waals surface area contributed by atoms with E-state index >= 15 is 0 Å². The molecule has 1 aliphatic heterocycles. The Morgan fingerprint density at radius 1 is 0.964 bits per heavy atom. The van der Waals surface area contributed by atoms with E-state index in [1.165, 1.54) is 33.1 Å². The Morgan fingerprint density at radius 2 is 1.68 bits per heavy atom. The highest BCUT2D eigenvalue weighted by Crippen LogP contribution is 2.31. The van der Waals surface area contributed by atoms with E-state index in [2.05, 4.69) is 90.3 Å². The number of aryl methyl sites for hydroxylation is 1. The molecule has 0 radical (unpaired) electrons. The number of hydrogen-bond acceptors (Lipinski definition) is 2. The van der Waals surface area contributed by atoms with E-state index in [0.717, 1.165) is 30.9 Å². The number of aromatic nitrogens is 1. The fourth-order valence-corrected chi connectivity index (χ4v) is 3.97. The summed E-state index contributed by atoms with van der Waals surface area (Å²) in [5.41, 5.74) is 5.87. The van der Waals surface area contributed by atoms with Gasteiger partial charge in [-0.15, -0.1) is 0 Å². The fraction of sp³-hybridized carbons (Fsp3) is 0.208. The highest BCUT2D eigenvalue weighted by molar-refractivity contribution is 5.93. The monoisotopic (exact) mass is 482 g/mol. The van der Waals surface area contributed by atoms with Gasteiger partial charge in [0.15, 0.2) is 6.54 Å². The lowest BCUT2D eigenvalue weighted by atomic mass is 10.0. The molecule has 3 nitrogen and oxygen atoms in total. The molecule has 2 heterocycles. The van der Waals surface area contributed by atoms with Gasteiger partial charge in [0.05, 0.1) is 5.57 Å². The summed E-state index contributed by atoms with van der Waals surface area (Å²) in [6.07, 6.45) is 4.46. The van der Waals surface area contributed by atoms with Gasteiger partial charge in [-0.25, -0.2) is 0 Å². The molecule has 0 amide bonds. The Kier molecular flexibility index (Phi) is 5.15. The van der Waals surface area contributed by atoms with Crippen LogP contribution in [0.3, 0.4) is 0 Å². The van der Waals surface area contributed by atoms with Crippen molar-refractivity contribution >= 4 is 39.2 Å². The third kappa shape index (κ3) is 3.30. The summed E-state index contributed by atoms with van der Waals surface area (Å²) in [4.78, 5) is 2.12. The van der Waals surface area contributed by atoms with Crippen molar-refractivity contribution in [3.63, 3.8) is 0 Å². The Balaban J connectivity index is 0.00000192. The average Bonchev–Trinajstić information content (AvgIpc) is 3.05. The van der Waals surface area contributed by atoms with Crippen molar-refractivity contribution in [1.82, 2.24) is 0 Å². The van der Waals surface area contributed by atoms with Crippen LogP contribution in [-0.4, -0.2) is 14.1 Å². The molecule has 4 heteroatoms. The maximum absolute atomic E-state index is 6.33. The Hall–Kier alpha value is -2.34. The number of nitrogens with zero attached hydrogens (tertiary/aromatic N) is 2.